The van der Waals surface area contributed by atoms with E-state index < -0.39 is 0 Å². The monoisotopic (exact) mass is 217 g/mol. The highest BCUT2D eigenvalue weighted by Crippen LogP contribution is 2.12. The van der Waals surface area contributed by atoms with Crippen LogP contribution in [0.1, 0.15) is 33.6 Å². The summed E-state index contributed by atoms with van der Waals surface area (Å²) in [5, 5.41) is 0. The van der Waals surface area contributed by atoms with E-state index in [1.807, 2.05) is 13.8 Å². The van der Waals surface area contributed by atoms with Crippen LogP contribution < -0.4 is 0 Å². The zero-order chi connectivity index (χ0) is 11.5. The number of likely N-dealkylation sites (tertiary alicyclic amines) is 1. The molecule has 0 unspecified atom stereocenters. The molecule has 0 amide bonds. The van der Waals surface area contributed by atoms with Crippen molar-refractivity contribution in [3.8, 4) is 0 Å². The van der Waals surface area contributed by atoms with Crippen molar-refractivity contribution in [2.75, 3.05) is 40.0 Å². The third-order valence-electron chi connectivity index (χ3n) is 2.55. The molecule has 1 saturated heterocycles. The van der Waals surface area contributed by atoms with E-state index in [4.69, 9.17) is 9.47 Å². The van der Waals surface area contributed by atoms with Crippen LogP contribution in [0.5, 0.6) is 0 Å². The van der Waals surface area contributed by atoms with Crippen LogP contribution in [0.25, 0.3) is 0 Å². The Kier molecular flexibility index (Phi) is 10.3. The van der Waals surface area contributed by atoms with Crippen LogP contribution in [0.2, 0.25) is 0 Å². The first-order valence-corrected chi connectivity index (χ1v) is 6.19. The number of hydrogen-bond acceptors (Lipinski definition) is 3. The van der Waals surface area contributed by atoms with E-state index in [1.54, 1.807) is 7.11 Å². The Morgan fingerprint density at radius 3 is 2.27 bits per heavy atom. The molecule has 1 heterocycles. The van der Waals surface area contributed by atoms with Crippen molar-refractivity contribution in [3.63, 3.8) is 0 Å². The van der Waals surface area contributed by atoms with Crippen LogP contribution >= 0.6 is 0 Å². The van der Waals surface area contributed by atoms with Gasteiger partial charge in [0.15, 0.2) is 0 Å². The van der Waals surface area contributed by atoms with Gasteiger partial charge in [0.2, 0.25) is 0 Å². The standard InChI is InChI=1S/C10H21NO2.C2H6/c1-3-13-10-4-6-11(7-5-10)8-9-12-2;1-2/h10H,3-9H2,1-2H3;1-2H3. The minimum Gasteiger partial charge on any atom is -0.383 e. The van der Waals surface area contributed by atoms with Crippen molar-refractivity contribution >= 4 is 0 Å². The van der Waals surface area contributed by atoms with Gasteiger partial charge in [0.25, 0.3) is 0 Å². The summed E-state index contributed by atoms with van der Waals surface area (Å²) < 4.78 is 10.6. The highest BCUT2D eigenvalue weighted by atomic mass is 16.5. The Morgan fingerprint density at radius 1 is 1.20 bits per heavy atom. The molecule has 3 nitrogen and oxygen atoms in total. The van der Waals surface area contributed by atoms with Crippen LogP contribution in [0, 0.1) is 0 Å². The summed E-state index contributed by atoms with van der Waals surface area (Å²) in [5.41, 5.74) is 0. The van der Waals surface area contributed by atoms with Gasteiger partial charge in [-0.15, -0.1) is 0 Å². The second-order valence-electron chi connectivity index (χ2n) is 3.49. The summed E-state index contributed by atoms with van der Waals surface area (Å²) in [6.45, 7) is 11.1. The molecule has 0 aromatic carbocycles. The van der Waals surface area contributed by atoms with Gasteiger partial charge < -0.3 is 14.4 Å². The second-order valence-corrected chi connectivity index (χ2v) is 3.49. The highest BCUT2D eigenvalue weighted by molar-refractivity contribution is 4.71. The molecule has 1 aliphatic heterocycles. The lowest BCUT2D eigenvalue weighted by atomic mass is 10.1. The molecule has 0 saturated carbocycles. The molecule has 0 aromatic heterocycles. The fourth-order valence-corrected chi connectivity index (χ4v) is 1.76. The van der Waals surface area contributed by atoms with Crippen molar-refractivity contribution in [1.29, 1.82) is 0 Å². The minimum absolute atomic E-state index is 0.504. The van der Waals surface area contributed by atoms with Gasteiger partial charge in [-0.25, -0.2) is 0 Å². The quantitative estimate of drug-likeness (QED) is 0.704. The number of nitrogens with zero attached hydrogens (tertiary/aromatic N) is 1. The lowest BCUT2D eigenvalue weighted by Gasteiger charge is -2.31. The summed E-state index contributed by atoms with van der Waals surface area (Å²) in [7, 11) is 1.76. The van der Waals surface area contributed by atoms with Gasteiger partial charge in [0.1, 0.15) is 0 Å². The van der Waals surface area contributed by atoms with E-state index in [0.717, 1.165) is 32.8 Å². The zero-order valence-corrected chi connectivity index (χ0v) is 10.8. The van der Waals surface area contributed by atoms with Crippen molar-refractivity contribution in [2.24, 2.45) is 0 Å². The first-order valence-electron chi connectivity index (χ1n) is 6.19. The summed E-state index contributed by atoms with van der Waals surface area (Å²) in [6, 6.07) is 0. The van der Waals surface area contributed by atoms with Crippen molar-refractivity contribution in [2.45, 2.75) is 39.7 Å². The molecule has 1 fully saturated rings. The molecule has 3 heteroatoms. The normalized spacial score (nSPS) is 18.4. The molecule has 92 valence electrons. The Balaban J connectivity index is 0.000000921. The number of methoxy groups -OCH3 is 1. The Bertz CT molecular complexity index is 123. The second kappa shape index (κ2) is 10.4. The molecule has 0 aliphatic carbocycles. The van der Waals surface area contributed by atoms with E-state index in [0.29, 0.717) is 6.10 Å². The van der Waals surface area contributed by atoms with E-state index in [1.165, 1.54) is 12.8 Å². The fourth-order valence-electron chi connectivity index (χ4n) is 1.76. The average Bonchev–Trinajstić information content (AvgIpc) is 2.31. The van der Waals surface area contributed by atoms with Gasteiger partial charge in [-0.1, -0.05) is 13.8 Å². The van der Waals surface area contributed by atoms with Crippen LogP contribution in [0.3, 0.4) is 0 Å². The smallest absolute Gasteiger partial charge is 0.0599 e. The lowest BCUT2D eigenvalue weighted by Crippen LogP contribution is -2.38. The van der Waals surface area contributed by atoms with Crippen LogP contribution in [0.4, 0.5) is 0 Å². The lowest BCUT2D eigenvalue weighted by molar-refractivity contribution is 0.00938. The maximum absolute atomic E-state index is 5.58. The van der Waals surface area contributed by atoms with Crippen molar-refractivity contribution in [1.82, 2.24) is 4.90 Å². The maximum atomic E-state index is 5.58. The third-order valence-corrected chi connectivity index (χ3v) is 2.55. The molecule has 0 bridgehead atoms. The summed E-state index contributed by atoms with van der Waals surface area (Å²) in [4.78, 5) is 2.44. The minimum atomic E-state index is 0.504. The molecule has 15 heavy (non-hydrogen) atoms. The van der Waals surface area contributed by atoms with Crippen molar-refractivity contribution < 1.29 is 9.47 Å². The Hall–Kier alpha value is -0.120. The molecule has 1 rings (SSSR count). The topological polar surface area (TPSA) is 21.7 Å². The number of ether oxygens (including phenoxy) is 2. The van der Waals surface area contributed by atoms with E-state index in [9.17, 15) is 0 Å². The fraction of sp³-hybridized carbons (Fsp3) is 1.00. The third kappa shape index (κ3) is 6.88. The summed E-state index contributed by atoms with van der Waals surface area (Å²) in [6.07, 6.45) is 2.86. The molecular weight excluding hydrogens is 190 g/mol. The van der Waals surface area contributed by atoms with E-state index >= 15 is 0 Å². The van der Waals surface area contributed by atoms with Gasteiger partial charge >= 0.3 is 0 Å². The van der Waals surface area contributed by atoms with Gasteiger partial charge in [-0.05, 0) is 19.8 Å². The van der Waals surface area contributed by atoms with Crippen LogP contribution in [-0.4, -0.2) is 51.0 Å². The molecule has 0 N–H and O–H groups in total. The number of piperidine rings is 1. The zero-order valence-electron chi connectivity index (χ0n) is 10.8. The van der Waals surface area contributed by atoms with Gasteiger partial charge in [0.05, 0.1) is 12.7 Å². The number of rotatable bonds is 5. The maximum Gasteiger partial charge on any atom is 0.0599 e. The average molecular weight is 217 g/mol. The first kappa shape index (κ1) is 14.9. The highest BCUT2D eigenvalue weighted by Gasteiger charge is 2.18. The van der Waals surface area contributed by atoms with Crippen LogP contribution in [0.15, 0.2) is 0 Å². The molecule has 0 aromatic rings. The predicted octanol–water partition coefficient (Wildman–Crippen LogP) is 2.16. The molecule has 1 aliphatic rings. The Morgan fingerprint density at radius 2 is 1.80 bits per heavy atom. The SMILES string of the molecule is CC.CCOC1CCN(CCOC)CC1. The molecule has 0 atom stereocenters. The molecule has 0 spiro atoms. The Labute approximate surface area is 94.7 Å². The van der Waals surface area contributed by atoms with Crippen LogP contribution in [-0.2, 0) is 9.47 Å². The van der Waals surface area contributed by atoms with Gasteiger partial charge in [-0.2, -0.15) is 0 Å². The van der Waals surface area contributed by atoms with Crippen molar-refractivity contribution in [3.05, 3.63) is 0 Å². The summed E-state index contributed by atoms with van der Waals surface area (Å²) in [5.74, 6) is 0. The first-order chi connectivity index (χ1) is 7.36. The van der Waals surface area contributed by atoms with Gasteiger partial charge in [0, 0.05) is 33.4 Å². The van der Waals surface area contributed by atoms with E-state index in [-0.39, 0.29) is 0 Å². The molecule has 0 radical (unpaired) electrons. The number of hydrogen-bond donors (Lipinski definition) is 0. The largest absolute Gasteiger partial charge is 0.383 e. The van der Waals surface area contributed by atoms with Gasteiger partial charge in [-0.3, -0.25) is 0 Å². The van der Waals surface area contributed by atoms with E-state index in [2.05, 4.69) is 11.8 Å². The summed E-state index contributed by atoms with van der Waals surface area (Å²) >= 11 is 0. The molecular formula is C12H27NO2. The predicted molar refractivity (Wildman–Crippen MR) is 64.3 cm³/mol.